The van der Waals surface area contributed by atoms with Gasteiger partial charge in [0.2, 0.25) is 0 Å². The van der Waals surface area contributed by atoms with Crippen molar-refractivity contribution in [1.82, 2.24) is 9.78 Å². The predicted octanol–water partition coefficient (Wildman–Crippen LogP) is 6.40. The molecule has 0 spiro atoms. The lowest BCUT2D eigenvalue weighted by molar-refractivity contribution is -0.142. The summed E-state index contributed by atoms with van der Waals surface area (Å²) < 4.78 is 28.3. The van der Waals surface area contributed by atoms with Gasteiger partial charge in [-0.15, -0.1) is 0 Å². The fourth-order valence-electron chi connectivity index (χ4n) is 5.26. The Labute approximate surface area is 212 Å². The highest BCUT2D eigenvalue weighted by Gasteiger charge is 2.28. The van der Waals surface area contributed by atoms with E-state index in [1.807, 2.05) is 36.4 Å². The molecular weight excluding hydrogens is 459 g/mol. The van der Waals surface area contributed by atoms with Crippen LogP contribution in [0.1, 0.15) is 51.1 Å². The largest absolute Gasteiger partial charge is 0.494 e. The van der Waals surface area contributed by atoms with Crippen molar-refractivity contribution in [1.29, 1.82) is 0 Å². The summed E-state index contributed by atoms with van der Waals surface area (Å²) in [5.74, 6) is -0.107. The third kappa shape index (κ3) is 5.78. The number of carboxylic acids is 1. The highest BCUT2D eigenvalue weighted by molar-refractivity contribution is 5.84. The van der Waals surface area contributed by atoms with Crippen molar-refractivity contribution in [3.8, 4) is 28.1 Å². The number of ether oxygens (including phenoxy) is 2. The Bertz CT molecular complexity index is 1170. The van der Waals surface area contributed by atoms with Gasteiger partial charge in [-0.25, -0.2) is 9.18 Å². The maximum absolute atomic E-state index is 15.5. The van der Waals surface area contributed by atoms with E-state index in [1.165, 1.54) is 7.11 Å². The monoisotopic (exact) mass is 494 g/mol. The number of hydrogen-bond donors (Lipinski definition) is 1. The van der Waals surface area contributed by atoms with Gasteiger partial charge in [-0.3, -0.25) is 4.68 Å². The molecule has 192 valence electrons. The molecule has 1 aliphatic rings. The zero-order valence-corrected chi connectivity index (χ0v) is 21.2. The van der Waals surface area contributed by atoms with E-state index in [9.17, 15) is 4.79 Å². The number of nitrogens with zero attached hydrogens (tertiary/aromatic N) is 2. The number of methoxy groups -OCH3 is 1. The zero-order chi connectivity index (χ0) is 25.7. The summed E-state index contributed by atoms with van der Waals surface area (Å²) in [6, 6.07) is 15.2. The minimum Gasteiger partial charge on any atom is -0.494 e. The van der Waals surface area contributed by atoms with E-state index in [0.29, 0.717) is 24.0 Å². The van der Waals surface area contributed by atoms with Crippen LogP contribution in [0.4, 0.5) is 4.39 Å². The van der Waals surface area contributed by atoms with Crippen LogP contribution in [0.2, 0.25) is 0 Å². The highest BCUT2D eigenvalue weighted by Crippen LogP contribution is 2.42. The van der Waals surface area contributed by atoms with Crippen LogP contribution in [0, 0.1) is 17.7 Å². The van der Waals surface area contributed by atoms with Gasteiger partial charge in [0.15, 0.2) is 11.6 Å². The molecule has 1 heterocycles. The molecule has 2 aromatic carbocycles. The van der Waals surface area contributed by atoms with E-state index >= 15 is 4.39 Å². The molecule has 1 fully saturated rings. The van der Waals surface area contributed by atoms with Gasteiger partial charge in [0.1, 0.15) is 12.3 Å². The number of carboxylic acid groups (broad SMARTS) is 1. The second kappa shape index (κ2) is 11.7. The van der Waals surface area contributed by atoms with Gasteiger partial charge in [0.25, 0.3) is 0 Å². The first-order chi connectivity index (χ1) is 17.4. The summed E-state index contributed by atoms with van der Waals surface area (Å²) in [5.41, 5.74) is 4.08. The molecule has 1 aliphatic carbocycles. The van der Waals surface area contributed by atoms with Gasteiger partial charge in [-0.05, 0) is 49.5 Å². The lowest BCUT2D eigenvalue weighted by Gasteiger charge is -2.29. The van der Waals surface area contributed by atoms with Crippen molar-refractivity contribution in [3.05, 3.63) is 60.0 Å². The molecule has 0 saturated heterocycles. The SMILES string of the molecule is COc1cccc(-c2c(-c3ccccc3)nn(CC3CCC(COCC(=O)O)CC3)c2C(C)C)c1F. The first-order valence-corrected chi connectivity index (χ1v) is 12.7. The number of aromatic nitrogens is 2. The molecule has 0 unspecified atom stereocenters. The molecule has 0 bridgehead atoms. The summed E-state index contributed by atoms with van der Waals surface area (Å²) in [6.07, 6.45) is 4.07. The molecule has 6 nitrogen and oxygen atoms in total. The van der Waals surface area contributed by atoms with Crippen LogP contribution < -0.4 is 4.74 Å². The topological polar surface area (TPSA) is 73.6 Å². The summed E-state index contributed by atoms with van der Waals surface area (Å²) in [7, 11) is 1.48. The minimum absolute atomic E-state index is 0.135. The van der Waals surface area contributed by atoms with Gasteiger partial charge in [-0.2, -0.15) is 5.10 Å². The Morgan fingerprint density at radius 3 is 2.42 bits per heavy atom. The molecule has 0 radical (unpaired) electrons. The average molecular weight is 495 g/mol. The van der Waals surface area contributed by atoms with Crippen LogP contribution in [0.15, 0.2) is 48.5 Å². The van der Waals surface area contributed by atoms with Crippen molar-refractivity contribution in [2.45, 2.75) is 52.0 Å². The standard InChI is InChI=1S/C29H35FN2O4/c1-19(2)29-26(23-10-7-11-24(35-3)27(23)30)28(22-8-5-4-6-9-22)31-32(29)16-20-12-14-21(15-13-20)17-36-18-25(33)34/h4-11,19-21H,12-18H2,1-3H3,(H,33,34). The van der Waals surface area contributed by atoms with E-state index in [4.69, 9.17) is 19.7 Å². The van der Waals surface area contributed by atoms with Crippen molar-refractivity contribution in [2.75, 3.05) is 20.3 Å². The zero-order valence-electron chi connectivity index (χ0n) is 21.2. The Hall–Kier alpha value is -3.19. The van der Waals surface area contributed by atoms with Crippen molar-refractivity contribution in [2.24, 2.45) is 11.8 Å². The van der Waals surface area contributed by atoms with Crippen LogP contribution >= 0.6 is 0 Å². The van der Waals surface area contributed by atoms with E-state index in [2.05, 4.69) is 18.5 Å². The van der Waals surface area contributed by atoms with Crippen molar-refractivity contribution in [3.63, 3.8) is 0 Å². The minimum atomic E-state index is -0.930. The molecule has 0 amide bonds. The number of aliphatic carboxylic acids is 1. The molecule has 4 rings (SSSR count). The quantitative estimate of drug-likeness (QED) is 0.353. The van der Waals surface area contributed by atoms with Gasteiger partial charge in [0, 0.05) is 28.9 Å². The van der Waals surface area contributed by atoms with Crippen LogP contribution in [0.5, 0.6) is 5.75 Å². The first kappa shape index (κ1) is 25.9. The number of benzene rings is 2. The maximum Gasteiger partial charge on any atom is 0.329 e. The molecule has 3 aromatic rings. The summed E-state index contributed by atoms with van der Waals surface area (Å²) in [5, 5.41) is 13.9. The van der Waals surface area contributed by atoms with Gasteiger partial charge < -0.3 is 14.6 Å². The molecule has 1 N–H and O–H groups in total. The van der Waals surface area contributed by atoms with Crippen LogP contribution in [0.3, 0.4) is 0 Å². The van der Waals surface area contributed by atoms with E-state index in [1.54, 1.807) is 12.1 Å². The van der Waals surface area contributed by atoms with E-state index in [0.717, 1.165) is 54.7 Å². The van der Waals surface area contributed by atoms with E-state index < -0.39 is 5.97 Å². The lowest BCUT2D eigenvalue weighted by atomic mass is 9.82. The second-order valence-electron chi connectivity index (χ2n) is 9.93. The van der Waals surface area contributed by atoms with Gasteiger partial charge >= 0.3 is 5.97 Å². The number of rotatable bonds is 10. The lowest BCUT2D eigenvalue weighted by Crippen LogP contribution is -2.24. The summed E-state index contributed by atoms with van der Waals surface area (Å²) in [6.45, 7) is 5.27. The Morgan fingerprint density at radius 2 is 1.78 bits per heavy atom. The van der Waals surface area contributed by atoms with Crippen molar-refractivity contribution < 1.29 is 23.8 Å². The second-order valence-corrected chi connectivity index (χ2v) is 9.93. The molecular formula is C29H35FN2O4. The Balaban J connectivity index is 1.66. The molecule has 0 atom stereocenters. The van der Waals surface area contributed by atoms with Crippen molar-refractivity contribution >= 4 is 5.97 Å². The number of carbonyl (C=O) groups is 1. The highest BCUT2D eigenvalue weighted by atomic mass is 19.1. The maximum atomic E-state index is 15.5. The van der Waals surface area contributed by atoms with E-state index in [-0.39, 0.29) is 24.1 Å². The molecule has 36 heavy (non-hydrogen) atoms. The van der Waals surface area contributed by atoms with Crippen LogP contribution in [-0.2, 0) is 16.1 Å². The predicted molar refractivity (Wildman–Crippen MR) is 138 cm³/mol. The smallest absolute Gasteiger partial charge is 0.329 e. The fraction of sp³-hybridized carbons (Fsp3) is 0.448. The average Bonchev–Trinajstić information content (AvgIpc) is 3.24. The number of halogens is 1. The van der Waals surface area contributed by atoms with Crippen LogP contribution in [-0.4, -0.2) is 41.2 Å². The summed E-state index contributed by atoms with van der Waals surface area (Å²) >= 11 is 0. The molecule has 0 aliphatic heterocycles. The first-order valence-electron chi connectivity index (χ1n) is 12.7. The molecule has 7 heteroatoms. The van der Waals surface area contributed by atoms with Gasteiger partial charge in [0.05, 0.1) is 13.7 Å². The molecule has 1 aromatic heterocycles. The number of hydrogen-bond acceptors (Lipinski definition) is 4. The Morgan fingerprint density at radius 1 is 1.08 bits per heavy atom. The van der Waals surface area contributed by atoms with Gasteiger partial charge in [-0.1, -0.05) is 56.3 Å². The normalized spacial score (nSPS) is 17.9. The fourth-order valence-corrected chi connectivity index (χ4v) is 5.26. The Kier molecular flexibility index (Phi) is 8.41. The molecule has 1 saturated carbocycles. The van der Waals surface area contributed by atoms with Crippen LogP contribution in [0.25, 0.3) is 22.4 Å². The summed E-state index contributed by atoms with van der Waals surface area (Å²) in [4.78, 5) is 10.7. The third-order valence-corrected chi connectivity index (χ3v) is 7.01. The third-order valence-electron chi connectivity index (χ3n) is 7.01.